The molecule has 0 aromatic rings. The van der Waals surface area contributed by atoms with E-state index in [4.69, 9.17) is 0 Å². The zero-order chi connectivity index (χ0) is 14.1. The van der Waals surface area contributed by atoms with Crippen molar-refractivity contribution in [2.45, 2.75) is 74.7 Å². The Morgan fingerprint density at radius 3 is 1.61 bits per heavy atom. The van der Waals surface area contributed by atoms with Gasteiger partial charge in [-0.25, -0.2) is 0 Å². The average molecular weight is 252 g/mol. The van der Waals surface area contributed by atoms with E-state index in [2.05, 4.69) is 55.4 Å². The second-order valence-electron chi connectivity index (χ2n) is 8.05. The zero-order valence-corrected chi connectivity index (χ0v) is 14.1. The van der Waals surface area contributed by atoms with Gasteiger partial charge in [0.2, 0.25) is 0 Å². The van der Waals surface area contributed by atoms with E-state index in [0.717, 1.165) is 35.5 Å². The Labute approximate surface area is 116 Å². The first-order valence-corrected chi connectivity index (χ1v) is 8.23. The van der Waals surface area contributed by atoms with Crippen molar-refractivity contribution in [3.63, 3.8) is 0 Å². The summed E-state index contributed by atoms with van der Waals surface area (Å²) >= 11 is 0. The van der Waals surface area contributed by atoms with Gasteiger partial charge >= 0.3 is 0 Å². The fourth-order valence-electron chi connectivity index (χ4n) is 4.88. The summed E-state index contributed by atoms with van der Waals surface area (Å²) in [4.78, 5) is 0. The van der Waals surface area contributed by atoms with E-state index < -0.39 is 0 Å². The summed E-state index contributed by atoms with van der Waals surface area (Å²) in [5.74, 6) is 5.21. The van der Waals surface area contributed by atoms with Crippen LogP contribution in [0.15, 0.2) is 0 Å². The van der Waals surface area contributed by atoms with Gasteiger partial charge in [0.1, 0.15) is 0 Å². The second-order valence-corrected chi connectivity index (χ2v) is 8.05. The van der Waals surface area contributed by atoms with Crippen LogP contribution in [0.1, 0.15) is 74.7 Å². The molecular formula is C18H36. The lowest BCUT2D eigenvalue weighted by atomic mass is 9.50. The van der Waals surface area contributed by atoms with Gasteiger partial charge < -0.3 is 0 Å². The monoisotopic (exact) mass is 252 g/mol. The fraction of sp³-hybridized carbons (Fsp3) is 1.00. The zero-order valence-electron chi connectivity index (χ0n) is 14.1. The minimum Gasteiger partial charge on any atom is -0.0625 e. The van der Waals surface area contributed by atoms with Crippen molar-refractivity contribution in [3.8, 4) is 0 Å². The largest absolute Gasteiger partial charge is 0.0625 e. The van der Waals surface area contributed by atoms with Crippen molar-refractivity contribution in [1.82, 2.24) is 0 Å². The van der Waals surface area contributed by atoms with Crippen molar-refractivity contribution in [2.24, 2.45) is 40.9 Å². The SMILES string of the molecule is CC(C)C1CCC(C(C)C)(C(C)C)C(C(C)C)C1. The van der Waals surface area contributed by atoms with Gasteiger partial charge in [-0.15, -0.1) is 0 Å². The highest BCUT2D eigenvalue weighted by molar-refractivity contribution is 4.97. The standard InChI is InChI=1S/C18H36/c1-12(2)16-9-10-18(14(5)6,15(7)8)17(11-16)13(3)4/h12-17H,9-11H2,1-8H3. The highest BCUT2D eigenvalue weighted by Gasteiger charge is 2.48. The molecule has 2 atom stereocenters. The van der Waals surface area contributed by atoms with Crippen LogP contribution in [0.4, 0.5) is 0 Å². The minimum atomic E-state index is 0.583. The van der Waals surface area contributed by atoms with Crippen molar-refractivity contribution < 1.29 is 0 Å². The van der Waals surface area contributed by atoms with Crippen LogP contribution in [0.2, 0.25) is 0 Å². The van der Waals surface area contributed by atoms with Crippen LogP contribution < -0.4 is 0 Å². The molecular weight excluding hydrogens is 216 g/mol. The third-order valence-corrected chi connectivity index (χ3v) is 6.09. The molecule has 0 nitrogen and oxygen atoms in total. The van der Waals surface area contributed by atoms with E-state index in [1.54, 1.807) is 0 Å². The molecule has 0 amide bonds. The first kappa shape index (κ1) is 16.1. The van der Waals surface area contributed by atoms with E-state index in [-0.39, 0.29) is 0 Å². The van der Waals surface area contributed by atoms with Gasteiger partial charge in [-0.1, -0.05) is 55.4 Å². The van der Waals surface area contributed by atoms with Gasteiger partial charge in [0.15, 0.2) is 0 Å². The second kappa shape index (κ2) is 5.97. The quantitative estimate of drug-likeness (QED) is 0.574. The molecule has 1 aliphatic carbocycles. The first-order valence-electron chi connectivity index (χ1n) is 8.23. The summed E-state index contributed by atoms with van der Waals surface area (Å²) in [5, 5.41) is 0. The Morgan fingerprint density at radius 1 is 0.778 bits per heavy atom. The molecule has 0 bridgehead atoms. The third-order valence-electron chi connectivity index (χ3n) is 6.09. The Kier molecular flexibility index (Phi) is 5.32. The molecule has 0 heteroatoms. The summed E-state index contributed by atoms with van der Waals surface area (Å²) < 4.78 is 0. The number of hydrogen-bond acceptors (Lipinski definition) is 0. The van der Waals surface area contributed by atoms with Gasteiger partial charge in [-0.2, -0.15) is 0 Å². The van der Waals surface area contributed by atoms with E-state index in [1.807, 2.05) is 0 Å². The molecule has 2 unspecified atom stereocenters. The van der Waals surface area contributed by atoms with Crippen molar-refractivity contribution >= 4 is 0 Å². The lowest BCUT2D eigenvalue weighted by molar-refractivity contribution is -0.0564. The minimum absolute atomic E-state index is 0.583. The Morgan fingerprint density at radius 2 is 1.28 bits per heavy atom. The third kappa shape index (κ3) is 2.78. The van der Waals surface area contributed by atoms with Crippen LogP contribution in [-0.4, -0.2) is 0 Å². The number of rotatable bonds is 4. The van der Waals surface area contributed by atoms with Crippen molar-refractivity contribution in [2.75, 3.05) is 0 Å². The normalized spacial score (nSPS) is 28.7. The predicted octanol–water partition coefficient (Wildman–Crippen LogP) is 6.01. The molecule has 18 heavy (non-hydrogen) atoms. The molecule has 0 heterocycles. The molecule has 0 aromatic heterocycles. The Hall–Kier alpha value is 0. The van der Waals surface area contributed by atoms with Gasteiger partial charge in [0.25, 0.3) is 0 Å². The maximum atomic E-state index is 2.46. The van der Waals surface area contributed by atoms with Crippen molar-refractivity contribution in [3.05, 3.63) is 0 Å². The lowest BCUT2D eigenvalue weighted by Crippen LogP contribution is -2.47. The predicted molar refractivity (Wildman–Crippen MR) is 82.6 cm³/mol. The Bertz CT molecular complexity index is 239. The van der Waals surface area contributed by atoms with Crippen LogP contribution in [0.25, 0.3) is 0 Å². The molecule has 108 valence electrons. The van der Waals surface area contributed by atoms with Crippen LogP contribution >= 0.6 is 0 Å². The van der Waals surface area contributed by atoms with Crippen LogP contribution in [0.3, 0.4) is 0 Å². The van der Waals surface area contributed by atoms with Gasteiger partial charge in [-0.05, 0) is 60.2 Å². The molecule has 0 saturated heterocycles. The lowest BCUT2D eigenvalue weighted by Gasteiger charge is -2.55. The van der Waals surface area contributed by atoms with Crippen molar-refractivity contribution in [1.29, 1.82) is 0 Å². The van der Waals surface area contributed by atoms with E-state index in [9.17, 15) is 0 Å². The Balaban J connectivity index is 3.03. The topological polar surface area (TPSA) is 0 Å². The molecule has 0 radical (unpaired) electrons. The average Bonchev–Trinajstić information content (AvgIpc) is 2.26. The summed E-state index contributed by atoms with van der Waals surface area (Å²) in [7, 11) is 0. The molecule has 0 aliphatic heterocycles. The summed E-state index contributed by atoms with van der Waals surface area (Å²) in [6.07, 6.45) is 4.37. The van der Waals surface area contributed by atoms with E-state index in [1.165, 1.54) is 19.3 Å². The summed E-state index contributed by atoms with van der Waals surface area (Å²) in [6, 6.07) is 0. The van der Waals surface area contributed by atoms with E-state index >= 15 is 0 Å². The molecule has 1 rings (SSSR count). The molecule has 1 fully saturated rings. The first-order chi connectivity index (χ1) is 8.23. The molecule has 0 N–H and O–H groups in total. The highest BCUT2D eigenvalue weighted by Crippen LogP contribution is 2.56. The fourth-order valence-corrected chi connectivity index (χ4v) is 4.88. The molecule has 1 saturated carbocycles. The summed E-state index contributed by atoms with van der Waals surface area (Å²) in [5.41, 5.74) is 0.583. The highest BCUT2D eigenvalue weighted by atomic mass is 14.5. The van der Waals surface area contributed by atoms with Crippen LogP contribution in [0.5, 0.6) is 0 Å². The van der Waals surface area contributed by atoms with Gasteiger partial charge in [0.05, 0.1) is 0 Å². The summed E-state index contributed by atoms with van der Waals surface area (Å²) in [6.45, 7) is 19.6. The van der Waals surface area contributed by atoms with Gasteiger partial charge in [-0.3, -0.25) is 0 Å². The molecule has 0 spiro atoms. The number of hydrogen-bond donors (Lipinski definition) is 0. The van der Waals surface area contributed by atoms with Gasteiger partial charge in [0, 0.05) is 0 Å². The van der Waals surface area contributed by atoms with Crippen LogP contribution in [-0.2, 0) is 0 Å². The smallest absolute Gasteiger partial charge is 0.0220 e. The maximum absolute atomic E-state index is 2.46. The molecule has 1 aliphatic rings. The molecule has 0 aromatic carbocycles. The maximum Gasteiger partial charge on any atom is -0.0220 e. The van der Waals surface area contributed by atoms with E-state index in [0.29, 0.717) is 5.41 Å². The van der Waals surface area contributed by atoms with Crippen LogP contribution in [0, 0.1) is 40.9 Å².